The van der Waals surface area contributed by atoms with Gasteiger partial charge in [-0.25, -0.2) is 30.3 Å². The molecule has 0 bridgehead atoms. The lowest BCUT2D eigenvalue weighted by atomic mass is 9.72. The van der Waals surface area contributed by atoms with Crippen molar-refractivity contribution < 1.29 is 48.4 Å². The summed E-state index contributed by atoms with van der Waals surface area (Å²) >= 11 is 1.45. The van der Waals surface area contributed by atoms with E-state index < -0.39 is 64.6 Å². The molecule has 3 aromatic rings. The number of nitrogens with one attached hydrogen (secondary N) is 3. The number of unbranched alkanes of at least 4 members (excludes halogenated alkanes) is 3. The van der Waals surface area contributed by atoms with Crippen LogP contribution in [-0.4, -0.2) is 146 Å². The number of nitrogens with zero attached hydrogens (tertiary/aromatic N) is 4. The van der Waals surface area contributed by atoms with Crippen molar-refractivity contribution in [3.63, 3.8) is 0 Å². The molecular formula is C55H76F5N7O6S3. The maximum absolute atomic E-state index is 14.4. The fourth-order valence-corrected chi connectivity index (χ4v) is 13.9. The van der Waals surface area contributed by atoms with Crippen molar-refractivity contribution in [2.75, 3.05) is 94.5 Å². The molecule has 2 aliphatic heterocycles. The Bertz CT molecular complexity index is 2700. The standard InChI is InChI=1S/C55H76F5N7O6S3/c1-5-54(52(56)57)37-48(54)47-36-53(3,4)23-21-42(47)38-66-31-33-67(34-32-66)44-17-15-41(16-18-44)51(69)63-76(72,73)46-19-20-49(50(35-46)75(70,71)55(58,59)60)62-43(39-74-45-13-9-8-10-14-45)22-26-65-29-27-64(28-30-65)25-12-7-6-11-24-61-40(2)68/h8-10,13-20,35,43,48,52,62H,5-7,11-12,21-34,36-39H2,1-4H3,(H,61,68)(H,63,69). The number of carbonyl (C=O) groups is 2. The number of thioether (sulfide) groups is 1. The first kappa shape index (κ1) is 59.4. The Morgan fingerprint density at radius 2 is 1.46 bits per heavy atom. The zero-order valence-electron chi connectivity index (χ0n) is 44.3. The summed E-state index contributed by atoms with van der Waals surface area (Å²) in [5.74, 6) is -0.787. The molecule has 3 aromatic carbocycles. The van der Waals surface area contributed by atoms with Crippen LogP contribution in [0.15, 0.2) is 98.6 Å². The summed E-state index contributed by atoms with van der Waals surface area (Å²) in [6.45, 7) is 16.8. The van der Waals surface area contributed by atoms with Gasteiger partial charge in [0.05, 0.1) is 10.6 Å². The molecule has 7 rings (SSSR count). The zero-order valence-corrected chi connectivity index (χ0v) is 46.7. The topological polar surface area (TPSA) is 151 Å². The Balaban J connectivity index is 0.971. The van der Waals surface area contributed by atoms with Crippen LogP contribution in [0.25, 0.3) is 0 Å². The third-order valence-corrected chi connectivity index (χ3v) is 19.8. The number of amides is 2. The second-order valence-corrected chi connectivity index (χ2v) is 26.5. The molecule has 76 heavy (non-hydrogen) atoms. The predicted octanol–water partition coefficient (Wildman–Crippen LogP) is 9.69. The van der Waals surface area contributed by atoms with E-state index in [1.165, 1.54) is 42.0 Å². The van der Waals surface area contributed by atoms with Gasteiger partial charge in [-0.3, -0.25) is 14.5 Å². The Kier molecular flexibility index (Phi) is 20.1. The van der Waals surface area contributed by atoms with E-state index >= 15 is 0 Å². The van der Waals surface area contributed by atoms with Crippen LogP contribution < -0.4 is 20.3 Å². The molecule has 2 heterocycles. The third-order valence-electron chi connectivity index (χ3n) is 15.8. The summed E-state index contributed by atoms with van der Waals surface area (Å²) in [6, 6.07) is 17.6. The monoisotopic (exact) mass is 1120 g/mol. The van der Waals surface area contributed by atoms with E-state index in [4.69, 9.17) is 0 Å². The lowest BCUT2D eigenvalue weighted by molar-refractivity contribution is -0.118. The van der Waals surface area contributed by atoms with Crippen LogP contribution in [-0.2, 0) is 24.7 Å². The van der Waals surface area contributed by atoms with E-state index in [2.05, 4.69) is 44.1 Å². The van der Waals surface area contributed by atoms with Crippen molar-refractivity contribution in [2.24, 2.45) is 16.7 Å². The molecule has 2 amide bonds. The van der Waals surface area contributed by atoms with Crippen molar-refractivity contribution in [1.82, 2.24) is 24.7 Å². The first-order chi connectivity index (χ1) is 36.0. The fourth-order valence-electron chi connectivity index (χ4n) is 10.9. The highest BCUT2D eigenvalue weighted by Gasteiger charge is 2.61. The molecule has 3 N–H and O–H groups in total. The molecule has 1 saturated carbocycles. The normalized spacial score (nSPS) is 21.4. The summed E-state index contributed by atoms with van der Waals surface area (Å²) in [6.07, 6.45) is 5.96. The predicted molar refractivity (Wildman–Crippen MR) is 290 cm³/mol. The van der Waals surface area contributed by atoms with Gasteiger partial charge >= 0.3 is 5.51 Å². The molecule has 2 saturated heterocycles. The molecule has 21 heteroatoms. The van der Waals surface area contributed by atoms with Crippen LogP contribution in [0, 0.1) is 16.7 Å². The quantitative estimate of drug-likeness (QED) is 0.0321. The van der Waals surface area contributed by atoms with Gasteiger partial charge in [0.25, 0.3) is 25.8 Å². The smallest absolute Gasteiger partial charge is 0.380 e. The Morgan fingerprint density at radius 1 is 0.816 bits per heavy atom. The molecule has 420 valence electrons. The molecule has 3 atom stereocenters. The average molecular weight is 1120 g/mol. The van der Waals surface area contributed by atoms with Gasteiger partial charge in [-0.2, -0.15) is 13.2 Å². The lowest BCUT2D eigenvalue weighted by Crippen LogP contribution is -2.47. The highest BCUT2D eigenvalue weighted by molar-refractivity contribution is 7.99. The van der Waals surface area contributed by atoms with Gasteiger partial charge in [-0.1, -0.05) is 63.0 Å². The minimum atomic E-state index is -6.10. The first-order valence-electron chi connectivity index (χ1n) is 26.7. The second-order valence-electron chi connectivity index (χ2n) is 21.8. The van der Waals surface area contributed by atoms with Gasteiger partial charge in [-0.15, -0.1) is 11.8 Å². The first-order valence-corrected chi connectivity index (χ1v) is 30.7. The number of anilines is 2. The van der Waals surface area contributed by atoms with Gasteiger partial charge < -0.3 is 25.3 Å². The molecular weight excluding hydrogens is 1050 g/mol. The van der Waals surface area contributed by atoms with Crippen molar-refractivity contribution >= 4 is 54.8 Å². The number of hydrogen-bond donors (Lipinski definition) is 3. The Hall–Kier alpha value is -4.28. The van der Waals surface area contributed by atoms with Gasteiger partial charge in [0.2, 0.25) is 12.3 Å². The Labute approximate surface area is 451 Å². The molecule has 3 fully saturated rings. The van der Waals surface area contributed by atoms with Crippen LogP contribution in [0.2, 0.25) is 0 Å². The Morgan fingerprint density at radius 3 is 2.08 bits per heavy atom. The molecule has 13 nitrogen and oxygen atoms in total. The number of rotatable bonds is 25. The third kappa shape index (κ3) is 15.5. The fraction of sp³-hybridized carbons (Fsp3) is 0.600. The summed E-state index contributed by atoms with van der Waals surface area (Å²) in [5.41, 5.74) is -3.72. The molecule has 0 aromatic heterocycles. The lowest BCUT2D eigenvalue weighted by Gasteiger charge is -2.39. The molecule has 4 aliphatic rings. The largest absolute Gasteiger partial charge is 0.501 e. The summed E-state index contributed by atoms with van der Waals surface area (Å²) in [5, 5.41) is 5.86. The maximum Gasteiger partial charge on any atom is 0.501 e. The number of sulfonamides is 1. The number of hydrogen-bond acceptors (Lipinski definition) is 12. The van der Waals surface area contributed by atoms with E-state index in [9.17, 15) is 48.4 Å². The second kappa shape index (κ2) is 25.7. The average Bonchev–Trinajstić information content (AvgIpc) is 4.22. The number of allylic oxidation sites excluding steroid dienone is 1. The van der Waals surface area contributed by atoms with E-state index in [1.807, 2.05) is 42.0 Å². The SMILES string of the molecule is CCC1(C(F)F)CC1C1=C(CN2CCN(c3ccc(C(=O)NS(=O)(=O)c4ccc(NC(CCN5CCN(CCCCCCNC(C)=O)CC5)CSc5ccccc5)c(S(=O)(=O)C(F)(F)F)c4)cc3)CC2)CCC(C)(C)C1. The number of benzene rings is 3. The molecule has 2 aliphatic carbocycles. The van der Waals surface area contributed by atoms with Crippen molar-refractivity contribution in [3.8, 4) is 0 Å². The maximum atomic E-state index is 14.4. The van der Waals surface area contributed by atoms with Crippen molar-refractivity contribution in [2.45, 2.75) is 125 Å². The number of carbonyl (C=O) groups excluding carboxylic acids is 2. The number of alkyl halides is 5. The highest BCUT2D eigenvalue weighted by atomic mass is 32.2. The van der Waals surface area contributed by atoms with Crippen molar-refractivity contribution in [3.05, 3.63) is 89.5 Å². The molecule has 0 radical (unpaired) electrons. The van der Waals surface area contributed by atoms with Crippen LogP contribution in [0.1, 0.15) is 102 Å². The van der Waals surface area contributed by atoms with E-state index in [0.717, 1.165) is 120 Å². The van der Waals surface area contributed by atoms with Crippen LogP contribution >= 0.6 is 11.8 Å². The number of piperazine rings is 2. The zero-order chi connectivity index (χ0) is 54.9. The summed E-state index contributed by atoms with van der Waals surface area (Å²) in [7, 11) is -11.0. The van der Waals surface area contributed by atoms with Gasteiger partial charge in [0, 0.05) is 112 Å². The van der Waals surface area contributed by atoms with Gasteiger partial charge in [0.15, 0.2) is 0 Å². The minimum Gasteiger partial charge on any atom is -0.380 e. The van der Waals surface area contributed by atoms with E-state index in [0.29, 0.717) is 57.3 Å². The van der Waals surface area contributed by atoms with Crippen molar-refractivity contribution in [1.29, 1.82) is 0 Å². The van der Waals surface area contributed by atoms with Crippen LogP contribution in [0.5, 0.6) is 0 Å². The summed E-state index contributed by atoms with van der Waals surface area (Å²) in [4.78, 5) is 32.5. The van der Waals surface area contributed by atoms with Crippen LogP contribution in [0.4, 0.5) is 33.3 Å². The van der Waals surface area contributed by atoms with Gasteiger partial charge in [-0.05, 0) is 124 Å². The molecule has 0 spiro atoms. The highest BCUT2D eigenvalue weighted by Crippen LogP contribution is 2.65. The van der Waals surface area contributed by atoms with E-state index in [1.54, 1.807) is 12.1 Å². The molecule has 3 unspecified atom stereocenters. The number of sulfone groups is 1. The number of halogens is 5. The summed E-state index contributed by atoms with van der Waals surface area (Å²) < 4.78 is 127. The minimum absolute atomic E-state index is 0.0270. The van der Waals surface area contributed by atoms with Crippen LogP contribution in [0.3, 0.4) is 0 Å². The van der Waals surface area contributed by atoms with Gasteiger partial charge in [0.1, 0.15) is 4.90 Å². The van der Waals surface area contributed by atoms with E-state index in [-0.39, 0.29) is 22.8 Å².